The lowest BCUT2D eigenvalue weighted by molar-refractivity contribution is -0.136. The van der Waals surface area contributed by atoms with Crippen LogP contribution in [0, 0.1) is 19.8 Å². The van der Waals surface area contributed by atoms with Crippen molar-refractivity contribution in [1.29, 1.82) is 0 Å². The number of fused-ring (bicyclic) bond motifs is 2. The number of piperazine rings is 1. The van der Waals surface area contributed by atoms with Gasteiger partial charge in [0, 0.05) is 87.1 Å². The van der Waals surface area contributed by atoms with Crippen LogP contribution in [0.4, 0.5) is 11.4 Å². The first-order valence-electron chi connectivity index (χ1n) is 20.8. The molecule has 1 atom stereocenters. The summed E-state index contributed by atoms with van der Waals surface area (Å²) in [7, 11) is 0. The van der Waals surface area contributed by atoms with Gasteiger partial charge in [0.15, 0.2) is 0 Å². The Morgan fingerprint density at radius 1 is 0.719 bits per heavy atom. The van der Waals surface area contributed by atoms with Crippen LogP contribution in [-0.2, 0) is 22.6 Å². The Morgan fingerprint density at radius 3 is 2.19 bits per heavy atom. The first kappa shape index (κ1) is 37.1. The highest BCUT2D eigenvalue weighted by Gasteiger charge is 2.39. The summed E-state index contributed by atoms with van der Waals surface area (Å²) < 4.78 is 0. The lowest BCUT2D eigenvalue weighted by Crippen LogP contribution is -2.52. The Kier molecular flexibility index (Phi) is 10.1. The van der Waals surface area contributed by atoms with Crippen LogP contribution in [-0.4, -0.2) is 89.5 Å². The van der Waals surface area contributed by atoms with E-state index in [0.29, 0.717) is 30.2 Å². The number of benzene rings is 3. The fourth-order valence-corrected chi connectivity index (χ4v) is 9.90. The van der Waals surface area contributed by atoms with Crippen molar-refractivity contribution in [1.82, 2.24) is 20.1 Å². The van der Waals surface area contributed by atoms with Crippen molar-refractivity contribution in [2.75, 3.05) is 55.6 Å². The number of piperidine rings is 2. The Bertz CT molecular complexity index is 2250. The van der Waals surface area contributed by atoms with Crippen LogP contribution in [0.3, 0.4) is 0 Å². The summed E-state index contributed by atoms with van der Waals surface area (Å²) in [6.45, 7) is 11.7. The number of hydrogen-bond donors (Lipinski definition) is 2. The molecule has 0 unspecified atom stereocenters. The molecule has 0 spiro atoms. The molecular formula is C47H52N6O4. The summed E-state index contributed by atoms with van der Waals surface area (Å²) in [5.74, 6) is 0.232. The first-order chi connectivity index (χ1) is 27.7. The van der Waals surface area contributed by atoms with E-state index in [1.807, 2.05) is 31.2 Å². The monoisotopic (exact) mass is 764 g/mol. The second kappa shape index (κ2) is 15.5. The van der Waals surface area contributed by atoms with Gasteiger partial charge in [-0.3, -0.25) is 29.6 Å². The Morgan fingerprint density at radius 2 is 1.44 bits per heavy atom. The zero-order valence-electron chi connectivity index (χ0n) is 33.1. The van der Waals surface area contributed by atoms with Crippen LogP contribution < -0.4 is 15.1 Å². The third-order valence-electron chi connectivity index (χ3n) is 13.0. The summed E-state index contributed by atoms with van der Waals surface area (Å²) in [6.07, 6.45) is 5.91. The molecule has 57 heavy (non-hydrogen) atoms. The number of carbonyl (C=O) groups excluding carboxylic acids is 3. The molecule has 1 aromatic heterocycles. The number of carbonyl (C=O) groups is 3. The topological polar surface area (TPSA) is 109 Å². The maximum absolute atomic E-state index is 13.2. The van der Waals surface area contributed by atoms with Crippen LogP contribution in [0.1, 0.15) is 88.1 Å². The fourth-order valence-electron chi connectivity index (χ4n) is 9.90. The molecule has 0 saturated carbocycles. The Balaban J connectivity index is 0.810. The highest BCUT2D eigenvalue weighted by molar-refractivity contribution is 6.05. The van der Waals surface area contributed by atoms with Crippen molar-refractivity contribution in [3.63, 3.8) is 0 Å². The van der Waals surface area contributed by atoms with E-state index < -0.39 is 6.04 Å². The van der Waals surface area contributed by atoms with Crippen molar-refractivity contribution in [3.05, 3.63) is 118 Å². The molecule has 1 aliphatic carbocycles. The number of phenols is 1. The van der Waals surface area contributed by atoms with E-state index in [1.165, 1.54) is 51.9 Å². The highest BCUT2D eigenvalue weighted by Crippen LogP contribution is 2.42. The van der Waals surface area contributed by atoms with Crippen LogP contribution in [0.5, 0.6) is 5.75 Å². The normalized spacial score (nSPS) is 20.8. The Hall–Kier alpha value is -5.48. The van der Waals surface area contributed by atoms with Crippen LogP contribution in [0.25, 0.3) is 11.1 Å². The molecule has 3 aromatic carbocycles. The average molecular weight is 765 g/mol. The maximum atomic E-state index is 13.2. The largest absolute Gasteiger partial charge is 0.508 e. The number of nitrogens with one attached hydrogen (secondary N) is 1. The van der Waals surface area contributed by atoms with E-state index in [1.54, 1.807) is 4.90 Å². The van der Waals surface area contributed by atoms with Gasteiger partial charge in [-0.1, -0.05) is 24.3 Å². The molecule has 294 valence electrons. The van der Waals surface area contributed by atoms with Crippen molar-refractivity contribution in [3.8, 4) is 5.75 Å². The number of aryl methyl sites for hydroxylation is 3. The second-order valence-electron chi connectivity index (χ2n) is 16.6. The number of aromatic nitrogens is 1. The van der Waals surface area contributed by atoms with Gasteiger partial charge in [-0.2, -0.15) is 0 Å². The van der Waals surface area contributed by atoms with Gasteiger partial charge in [0.1, 0.15) is 11.8 Å². The van der Waals surface area contributed by atoms with Gasteiger partial charge in [0.05, 0.1) is 0 Å². The summed E-state index contributed by atoms with van der Waals surface area (Å²) in [5, 5.41) is 12.7. The number of amides is 3. The van der Waals surface area contributed by atoms with Gasteiger partial charge in [0.2, 0.25) is 11.8 Å². The second-order valence-corrected chi connectivity index (χ2v) is 16.6. The van der Waals surface area contributed by atoms with E-state index >= 15 is 0 Å². The van der Waals surface area contributed by atoms with E-state index in [2.05, 4.69) is 75.5 Å². The summed E-state index contributed by atoms with van der Waals surface area (Å²) in [6, 6.07) is 24.9. The molecule has 3 saturated heterocycles. The third-order valence-corrected chi connectivity index (χ3v) is 13.0. The fraction of sp³-hybridized carbons (Fsp3) is 0.404. The maximum Gasteiger partial charge on any atom is 0.255 e. The lowest BCUT2D eigenvalue weighted by atomic mass is 9.87. The zero-order valence-corrected chi connectivity index (χ0v) is 33.1. The van der Waals surface area contributed by atoms with Gasteiger partial charge in [-0.05, 0) is 146 Å². The quantitative estimate of drug-likeness (QED) is 0.206. The standard InChI is InChI=1S/C47H52N6O4/c1-30-6-13-39(31(2)48-30)42-5-3-4-34-27-38(54)12-15-40(34)45(42)33-7-9-36(10-8-33)51-20-18-32(19-21-51)28-50-22-24-52(25-23-50)37-11-14-41-35(26-37)29-53(47(41)57)43-16-17-44(55)49-46(43)56/h6-15,26-27,32,43,54H,3-5,16-25,28-29H2,1-2H3,(H,49,55,56)/t43-/m0/s1. The SMILES string of the molecule is Cc1ccc(C2=C(c3ccc(N4CCC(CN5CCN(c6ccc7c(c6)CN([C@H]6CCC(=O)NC6=O)C7=O)CC5)CC4)cc3)c3ccc(O)cc3CCC2)c(C)n1. The highest BCUT2D eigenvalue weighted by atomic mass is 16.3. The molecule has 10 heteroatoms. The number of pyridine rings is 1. The number of phenolic OH excluding ortho intramolecular Hbond substituents is 1. The van der Waals surface area contributed by atoms with Crippen LogP contribution in [0.15, 0.2) is 72.8 Å². The van der Waals surface area contributed by atoms with Gasteiger partial charge in [0.25, 0.3) is 5.91 Å². The smallest absolute Gasteiger partial charge is 0.255 e. The number of aromatic hydroxyl groups is 1. The first-order valence-corrected chi connectivity index (χ1v) is 20.8. The molecule has 3 fully saturated rings. The molecular weight excluding hydrogens is 713 g/mol. The molecule has 5 aliphatic rings. The van der Waals surface area contributed by atoms with Crippen molar-refractivity contribution >= 4 is 40.2 Å². The van der Waals surface area contributed by atoms with Gasteiger partial charge in [-0.15, -0.1) is 0 Å². The number of allylic oxidation sites excluding steroid dienone is 1. The predicted octanol–water partition coefficient (Wildman–Crippen LogP) is 6.50. The molecule has 0 radical (unpaired) electrons. The molecule has 9 rings (SSSR count). The van der Waals surface area contributed by atoms with Crippen molar-refractivity contribution in [2.45, 2.75) is 71.4 Å². The number of nitrogens with zero attached hydrogens (tertiary/aromatic N) is 5. The number of rotatable bonds is 7. The summed E-state index contributed by atoms with van der Waals surface area (Å²) in [4.78, 5) is 51.3. The van der Waals surface area contributed by atoms with Crippen LogP contribution >= 0.6 is 0 Å². The van der Waals surface area contributed by atoms with Crippen LogP contribution in [0.2, 0.25) is 0 Å². The summed E-state index contributed by atoms with van der Waals surface area (Å²) in [5.41, 5.74) is 13.5. The minimum Gasteiger partial charge on any atom is -0.508 e. The van der Waals surface area contributed by atoms with E-state index in [9.17, 15) is 19.5 Å². The molecule has 3 amide bonds. The molecule has 10 nitrogen and oxygen atoms in total. The van der Waals surface area contributed by atoms with Crippen molar-refractivity contribution in [2.24, 2.45) is 5.92 Å². The number of imide groups is 1. The molecule has 0 bridgehead atoms. The minimum absolute atomic E-state index is 0.124. The van der Waals surface area contributed by atoms with Crippen molar-refractivity contribution < 1.29 is 19.5 Å². The van der Waals surface area contributed by atoms with Gasteiger partial charge < -0.3 is 19.8 Å². The number of hydrogen-bond acceptors (Lipinski definition) is 8. The molecule has 5 heterocycles. The Labute approximate surface area is 335 Å². The van der Waals surface area contributed by atoms with E-state index in [0.717, 1.165) is 87.7 Å². The van der Waals surface area contributed by atoms with Gasteiger partial charge >= 0.3 is 0 Å². The predicted molar refractivity (Wildman–Crippen MR) is 223 cm³/mol. The third kappa shape index (κ3) is 7.43. The van der Waals surface area contributed by atoms with Gasteiger partial charge in [-0.25, -0.2) is 0 Å². The molecule has 4 aromatic rings. The molecule has 4 aliphatic heterocycles. The van der Waals surface area contributed by atoms with E-state index in [4.69, 9.17) is 4.98 Å². The lowest BCUT2D eigenvalue weighted by Gasteiger charge is -2.40. The van der Waals surface area contributed by atoms with E-state index in [-0.39, 0.29) is 24.1 Å². The summed E-state index contributed by atoms with van der Waals surface area (Å²) >= 11 is 0. The average Bonchev–Trinajstić information content (AvgIpc) is 3.41. The molecule has 2 N–H and O–H groups in total. The number of anilines is 2. The zero-order chi connectivity index (χ0) is 39.2. The minimum atomic E-state index is -0.590.